The van der Waals surface area contributed by atoms with E-state index in [-0.39, 0.29) is 11.7 Å². The molecule has 1 aliphatic rings. The number of carbonyl (C=O) groups excluding carboxylic acids is 2. The number of aldehydes is 1. The van der Waals surface area contributed by atoms with Crippen molar-refractivity contribution in [1.82, 2.24) is 9.62 Å². The summed E-state index contributed by atoms with van der Waals surface area (Å²) in [5.41, 5.74) is 3.57. The molecule has 4 nitrogen and oxygen atoms in total. The molecular formula is C29H43FN2O2S2. The van der Waals surface area contributed by atoms with Crippen LogP contribution in [0.1, 0.15) is 58.8 Å². The van der Waals surface area contributed by atoms with Crippen LogP contribution >= 0.6 is 24.2 Å². The number of hydrogen-bond acceptors (Lipinski definition) is 6. The molecule has 1 fully saturated rings. The number of hydrogen-bond donors (Lipinski definition) is 2. The van der Waals surface area contributed by atoms with Crippen molar-refractivity contribution in [2.24, 2.45) is 5.92 Å². The Labute approximate surface area is 226 Å². The molecule has 0 radical (unpaired) electrons. The number of allylic oxidation sites excluding steroid dienone is 6. The van der Waals surface area contributed by atoms with E-state index in [1.54, 1.807) is 24.5 Å². The van der Waals surface area contributed by atoms with Crippen molar-refractivity contribution in [3.8, 4) is 0 Å². The number of nitrogens with one attached hydrogen (secondary N) is 1. The van der Waals surface area contributed by atoms with Crippen LogP contribution in [0.3, 0.4) is 0 Å². The number of ketones is 1. The normalized spacial score (nSPS) is 13.3. The molecule has 1 aliphatic carbocycles. The highest BCUT2D eigenvalue weighted by Gasteiger charge is 2.25. The molecule has 1 atom stereocenters. The smallest absolute Gasteiger partial charge is 0.144 e. The van der Waals surface area contributed by atoms with Gasteiger partial charge in [-0.05, 0) is 69.8 Å². The Bertz CT molecular complexity index is 986. The second kappa shape index (κ2) is 19.0. The third-order valence-corrected chi connectivity index (χ3v) is 6.75. The summed E-state index contributed by atoms with van der Waals surface area (Å²) in [5, 5.41) is 1.28. The molecule has 1 aromatic carbocycles. The zero-order valence-electron chi connectivity index (χ0n) is 23.0. The zero-order chi connectivity index (χ0) is 27.7. The lowest BCUT2D eigenvalue weighted by atomic mass is 10.0. The molecule has 1 saturated carbocycles. The summed E-state index contributed by atoms with van der Waals surface area (Å²) in [6.07, 6.45) is 9.74. The van der Waals surface area contributed by atoms with Crippen molar-refractivity contribution < 1.29 is 14.0 Å². The van der Waals surface area contributed by atoms with Gasteiger partial charge >= 0.3 is 0 Å². The lowest BCUT2D eigenvalue weighted by Gasteiger charge is -2.17. The largest absolute Gasteiger partial charge is 0.375 e. The maximum Gasteiger partial charge on any atom is 0.144 e. The number of fused-ring (bicyclic) bond motifs is 1. The summed E-state index contributed by atoms with van der Waals surface area (Å²) in [6.45, 7) is 10.1. The minimum Gasteiger partial charge on any atom is -0.375 e. The summed E-state index contributed by atoms with van der Waals surface area (Å²) >= 11 is 5.34. The molecule has 7 heteroatoms. The number of alkyl halides is 1. The van der Waals surface area contributed by atoms with Gasteiger partial charge in [0.2, 0.25) is 0 Å². The van der Waals surface area contributed by atoms with Gasteiger partial charge in [0.15, 0.2) is 0 Å². The van der Waals surface area contributed by atoms with Crippen LogP contribution in [-0.4, -0.2) is 44.3 Å². The summed E-state index contributed by atoms with van der Waals surface area (Å²) in [4.78, 5) is 25.2. The van der Waals surface area contributed by atoms with Gasteiger partial charge < -0.3 is 4.90 Å². The minimum absolute atomic E-state index is 0.0151. The second-order valence-corrected chi connectivity index (χ2v) is 10.1. The summed E-state index contributed by atoms with van der Waals surface area (Å²) in [6, 6.07) is 11.4. The quantitative estimate of drug-likeness (QED) is 0.158. The van der Waals surface area contributed by atoms with E-state index in [2.05, 4.69) is 72.7 Å². The Morgan fingerprint density at radius 1 is 1.25 bits per heavy atom. The third-order valence-electron chi connectivity index (χ3n) is 5.60. The molecule has 0 bridgehead atoms. The molecule has 0 saturated heterocycles. The van der Waals surface area contributed by atoms with E-state index in [0.717, 1.165) is 12.0 Å². The maximum atomic E-state index is 11.7. The van der Waals surface area contributed by atoms with E-state index in [1.165, 1.54) is 39.0 Å². The number of thiophene rings is 1. The molecular weight excluding hydrogens is 491 g/mol. The van der Waals surface area contributed by atoms with Crippen LogP contribution in [0, 0.1) is 5.92 Å². The van der Waals surface area contributed by atoms with Crippen molar-refractivity contribution in [3.63, 3.8) is 0 Å². The summed E-state index contributed by atoms with van der Waals surface area (Å²) in [5.74, 6) is 0.273. The predicted molar refractivity (Wildman–Crippen MR) is 159 cm³/mol. The molecule has 1 N–H and O–H groups in total. The first-order valence-corrected chi connectivity index (χ1v) is 13.4. The third kappa shape index (κ3) is 12.2. The van der Waals surface area contributed by atoms with Gasteiger partial charge in [0, 0.05) is 40.7 Å². The molecule has 1 heterocycles. The number of thiol groups is 1. The molecule has 2 aromatic rings. The molecule has 1 aromatic heterocycles. The number of benzene rings is 1. The number of halogens is 1. The fourth-order valence-corrected chi connectivity index (χ4v) is 4.44. The molecule has 0 amide bonds. The van der Waals surface area contributed by atoms with E-state index >= 15 is 0 Å². The van der Waals surface area contributed by atoms with Crippen molar-refractivity contribution in [3.05, 3.63) is 64.7 Å². The van der Waals surface area contributed by atoms with Gasteiger partial charge in [-0.15, -0.1) is 11.3 Å². The van der Waals surface area contributed by atoms with Gasteiger partial charge in [-0.25, -0.2) is 0 Å². The van der Waals surface area contributed by atoms with Gasteiger partial charge in [-0.2, -0.15) is 0 Å². The van der Waals surface area contributed by atoms with Crippen LogP contribution < -0.4 is 4.72 Å². The second-order valence-electron chi connectivity index (χ2n) is 8.54. The molecule has 3 rings (SSSR count). The number of rotatable bonds is 8. The van der Waals surface area contributed by atoms with E-state index < -0.39 is 0 Å². The molecule has 1 unspecified atom stereocenters. The van der Waals surface area contributed by atoms with Gasteiger partial charge in [0.05, 0.1) is 7.18 Å². The average Bonchev–Trinajstić information content (AvgIpc) is 3.63. The van der Waals surface area contributed by atoms with Crippen LogP contribution in [0.25, 0.3) is 15.7 Å². The number of carbonyl (C=O) groups is 2. The molecule has 200 valence electrons. The Morgan fingerprint density at radius 2 is 1.83 bits per heavy atom. The summed E-state index contributed by atoms with van der Waals surface area (Å²) in [7, 11) is 4.27. The van der Waals surface area contributed by atoms with E-state index in [4.69, 9.17) is 0 Å². The Morgan fingerprint density at radius 3 is 2.31 bits per heavy atom. The monoisotopic (exact) mass is 534 g/mol. The fraction of sp³-hybridized carbons (Fsp3) is 0.448. The highest BCUT2D eigenvalue weighted by atomic mass is 32.1. The van der Waals surface area contributed by atoms with Crippen LogP contribution in [0.15, 0.2) is 59.8 Å². The van der Waals surface area contributed by atoms with Gasteiger partial charge in [0.1, 0.15) is 12.1 Å². The van der Waals surface area contributed by atoms with Gasteiger partial charge in [-0.3, -0.25) is 18.7 Å². The zero-order valence-corrected chi connectivity index (χ0v) is 24.7. The number of Topliss-reactive ketones (excluding diaryl/α,β-unsaturated/α-hetero) is 1. The van der Waals surface area contributed by atoms with Crippen molar-refractivity contribution in [1.29, 1.82) is 0 Å². The van der Waals surface area contributed by atoms with E-state index in [9.17, 15) is 14.0 Å². The Hall–Kier alpha value is -2.22. The fourth-order valence-electron chi connectivity index (χ4n) is 3.25. The Kier molecular flexibility index (Phi) is 17.8. The van der Waals surface area contributed by atoms with Crippen LogP contribution in [0.4, 0.5) is 4.39 Å². The molecule has 0 spiro atoms. The standard InChI is InChI=1S/C19H22OS.C8H13NO.CH3F.CH5NS/c1-5-17(20)14(4)10-11-16(13(2)3)19-12-15-8-6-7-9-18(15)21-19;1-7(5-6-10)9(2)8-3-4-8;1-2;1-2-3/h6-12,14H,5H2,1-4H3;5-6,8H,3-4H2,1-2H3;1H3;2-3H,1H3/b11-10-;7-5+;;. The van der Waals surface area contributed by atoms with Gasteiger partial charge in [-0.1, -0.05) is 62.6 Å². The van der Waals surface area contributed by atoms with Crippen LogP contribution in [0.5, 0.6) is 0 Å². The molecule has 0 aliphatic heterocycles. The first-order valence-electron chi connectivity index (χ1n) is 12.1. The van der Waals surface area contributed by atoms with E-state index in [1.807, 2.05) is 33.9 Å². The highest BCUT2D eigenvalue weighted by molar-refractivity contribution is 7.78. The Balaban J connectivity index is 0.000000679. The van der Waals surface area contributed by atoms with Crippen molar-refractivity contribution in [2.75, 3.05) is 21.3 Å². The first-order chi connectivity index (χ1) is 17.2. The summed E-state index contributed by atoms with van der Waals surface area (Å²) < 4.78 is 13.2. The van der Waals surface area contributed by atoms with Crippen LogP contribution in [-0.2, 0) is 9.59 Å². The van der Waals surface area contributed by atoms with Crippen molar-refractivity contribution in [2.45, 2.75) is 59.9 Å². The van der Waals surface area contributed by atoms with Crippen molar-refractivity contribution >= 4 is 51.9 Å². The lowest BCUT2D eigenvalue weighted by Crippen LogP contribution is -2.18. The topological polar surface area (TPSA) is 49.4 Å². The lowest BCUT2D eigenvalue weighted by molar-refractivity contribution is -0.120. The van der Waals surface area contributed by atoms with Crippen LogP contribution in [0.2, 0.25) is 0 Å². The van der Waals surface area contributed by atoms with E-state index in [0.29, 0.717) is 19.6 Å². The van der Waals surface area contributed by atoms with Gasteiger partial charge in [0.25, 0.3) is 0 Å². The first kappa shape index (κ1) is 33.8. The predicted octanol–water partition coefficient (Wildman–Crippen LogP) is 7.69. The minimum atomic E-state index is -0.0151. The highest BCUT2D eigenvalue weighted by Crippen LogP contribution is 2.33. The number of nitrogens with zero attached hydrogens (tertiary/aromatic N) is 1. The SMILES string of the molecule is C/C(=C\C=O)N(C)C1CC1.CCC(=O)C(C)/C=C\C(=C(C)C)c1cc2ccccc2s1.CF.CNS. The molecule has 36 heavy (non-hydrogen) atoms. The average molecular weight is 535 g/mol. The maximum absolute atomic E-state index is 11.7.